The van der Waals surface area contributed by atoms with Gasteiger partial charge < -0.3 is 9.47 Å². The summed E-state index contributed by atoms with van der Waals surface area (Å²) in [5.41, 5.74) is 0.523. The summed E-state index contributed by atoms with van der Waals surface area (Å²) in [4.78, 5) is 23.4. The van der Waals surface area contributed by atoms with E-state index in [0.29, 0.717) is 11.1 Å². The second-order valence-corrected chi connectivity index (χ2v) is 5.56. The second-order valence-electron chi connectivity index (χ2n) is 5.56. The van der Waals surface area contributed by atoms with Crippen LogP contribution < -0.4 is 0 Å². The van der Waals surface area contributed by atoms with Crippen molar-refractivity contribution < 1.29 is 19.1 Å². The Balaban J connectivity index is 2.05. The van der Waals surface area contributed by atoms with Crippen LogP contribution in [0.5, 0.6) is 0 Å². The smallest absolute Gasteiger partial charge is 0.334 e. The molecule has 0 amide bonds. The molecule has 4 atom stereocenters. The van der Waals surface area contributed by atoms with Crippen LogP contribution in [0.15, 0.2) is 37.0 Å². The van der Waals surface area contributed by atoms with Gasteiger partial charge >= 0.3 is 11.9 Å². The lowest BCUT2D eigenvalue weighted by molar-refractivity contribution is -0.161. The van der Waals surface area contributed by atoms with Gasteiger partial charge in [-0.2, -0.15) is 0 Å². The van der Waals surface area contributed by atoms with Crippen LogP contribution in [0.25, 0.3) is 0 Å². The molecule has 4 nitrogen and oxygen atoms in total. The molecule has 3 rings (SSSR count). The summed E-state index contributed by atoms with van der Waals surface area (Å²) in [5, 5.41) is 0. The Kier molecular flexibility index (Phi) is 2.46. The van der Waals surface area contributed by atoms with E-state index in [1.807, 2.05) is 6.08 Å². The molecule has 1 aliphatic carbocycles. The van der Waals surface area contributed by atoms with E-state index in [9.17, 15) is 9.59 Å². The first-order chi connectivity index (χ1) is 9.00. The fraction of sp³-hybridized carbons (Fsp3) is 0.467. The number of ether oxygens (including phenoxy) is 2. The van der Waals surface area contributed by atoms with Crippen molar-refractivity contribution >= 4 is 11.9 Å². The van der Waals surface area contributed by atoms with Crippen LogP contribution in [0.1, 0.15) is 12.8 Å². The normalized spacial score (nSPS) is 41.2. The summed E-state index contributed by atoms with van der Waals surface area (Å²) in [6.07, 6.45) is 3.06. The van der Waals surface area contributed by atoms with Crippen LogP contribution in [0, 0.1) is 17.3 Å². The quantitative estimate of drug-likeness (QED) is 0.409. The maximum atomic E-state index is 11.7. The number of rotatable bonds is 1. The van der Waals surface area contributed by atoms with Crippen molar-refractivity contribution in [3.05, 3.63) is 37.0 Å². The Hall–Kier alpha value is -1.84. The number of hydrogen-bond donors (Lipinski definition) is 0. The maximum absolute atomic E-state index is 11.7. The molecule has 0 bridgehead atoms. The van der Waals surface area contributed by atoms with Gasteiger partial charge in [-0.1, -0.05) is 19.2 Å². The Bertz CT molecular complexity index is 518. The second kappa shape index (κ2) is 3.83. The summed E-state index contributed by atoms with van der Waals surface area (Å²) >= 11 is 0. The van der Waals surface area contributed by atoms with Gasteiger partial charge in [0.2, 0.25) is 0 Å². The largest absolute Gasteiger partial charge is 0.461 e. The van der Waals surface area contributed by atoms with E-state index in [-0.39, 0.29) is 35.9 Å². The minimum atomic E-state index is -0.406. The summed E-state index contributed by atoms with van der Waals surface area (Å²) in [6, 6.07) is 0. The number of esters is 2. The van der Waals surface area contributed by atoms with Gasteiger partial charge in [0, 0.05) is 28.4 Å². The van der Waals surface area contributed by atoms with E-state index in [4.69, 9.17) is 9.47 Å². The Morgan fingerprint density at radius 1 is 1.21 bits per heavy atom. The first-order valence-electron chi connectivity index (χ1n) is 6.39. The first-order valence-corrected chi connectivity index (χ1v) is 6.39. The Morgan fingerprint density at radius 3 is 2.63 bits per heavy atom. The van der Waals surface area contributed by atoms with Crippen molar-refractivity contribution in [1.82, 2.24) is 0 Å². The molecule has 0 unspecified atom stereocenters. The van der Waals surface area contributed by atoms with Gasteiger partial charge in [-0.15, -0.1) is 6.58 Å². The molecule has 0 aromatic heterocycles. The van der Waals surface area contributed by atoms with E-state index in [1.54, 1.807) is 0 Å². The molecular formula is C15H16O4. The van der Waals surface area contributed by atoms with Crippen LogP contribution >= 0.6 is 0 Å². The molecule has 3 aliphatic rings. The molecule has 0 aromatic rings. The molecule has 1 saturated carbocycles. The summed E-state index contributed by atoms with van der Waals surface area (Å²) in [6.45, 7) is 11.8. The zero-order valence-electron chi connectivity index (χ0n) is 10.7. The monoisotopic (exact) mass is 260 g/mol. The average molecular weight is 260 g/mol. The summed E-state index contributed by atoms with van der Waals surface area (Å²) < 4.78 is 10.6. The van der Waals surface area contributed by atoms with Crippen molar-refractivity contribution in [2.45, 2.75) is 18.9 Å². The topological polar surface area (TPSA) is 52.6 Å². The van der Waals surface area contributed by atoms with Crippen molar-refractivity contribution in [2.75, 3.05) is 6.61 Å². The zero-order valence-corrected chi connectivity index (χ0v) is 10.7. The third kappa shape index (κ3) is 1.46. The number of fused-ring (bicyclic) bond motifs is 3. The molecule has 0 spiro atoms. The lowest BCUT2D eigenvalue weighted by Gasteiger charge is -2.48. The highest BCUT2D eigenvalue weighted by Crippen LogP contribution is 2.54. The van der Waals surface area contributed by atoms with Gasteiger partial charge in [-0.3, -0.25) is 0 Å². The van der Waals surface area contributed by atoms with Gasteiger partial charge in [0.25, 0.3) is 0 Å². The van der Waals surface area contributed by atoms with Crippen molar-refractivity contribution in [3.8, 4) is 0 Å². The standard InChI is InChI=1S/C15H16O4/c1-4-15-6-5-10-8(2)14(17)19-12(10)11(15)9(3)13(16)18-7-15/h4,10-12H,1-3,5-7H2/t10-,11+,12-,15+/m0/s1. The highest BCUT2D eigenvalue weighted by atomic mass is 16.6. The average Bonchev–Trinajstić information content (AvgIpc) is 2.69. The van der Waals surface area contributed by atoms with Crippen molar-refractivity contribution in [1.29, 1.82) is 0 Å². The lowest BCUT2D eigenvalue weighted by Crippen LogP contribution is -2.52. The molecule has 100 valence electrons. The number of cyclic esters (lactones) is 1. The van der Waals surface area contributed by atoms with Crippen LogP contribution in [0.2, 0.25) is 0 Å². The molecule has 0 aromatic carbocycles. The van der Waals surface area contributed by atoms with E-state index in [2.05, 4.69) is 19.7 Å². The summed E-state index contributed by atoms with van der Waals surface area (Å²) in [5.74, 6) is -1.03. The van der Waals surface area contributed by atoms with E-state index in [1.165, 1.54) is 0 Å². The minimum absolute atomic E-state index is 0.0202. The zero-order chi connectivity index (χ0) is 13.8. The number of carbonyl (C=O) groups excluding carboxylic acids is 2. The molecule has 2 aliphatic heterocycles. The van der Waals surface area contributed by atoms with Crippen molar-refractivity contribution in [3.63, 3.8) is 0 Å². The van der Waals surface area contributed by atoms with Gasteiger partial charge in [0.1, 0.15) is 12.7 Å². The lowest BCUT2D eigenvalue weighted by atomic mass is 9.58. The maximum Gasteiger partial charge on any atom is 0.334 e. The predicted octanol–water partition coefficient (Wildman–Crippen LogP) is 1.78. The molecule has 3 fully saturated rings. The van der Waals surface area contributed by atoms with Crippen LogP contribution in [0.4, 0.5) is 0 Å². The fourth-order valence-electron chi connectivity index (χ4n) is 3.59. The third-order valence-electron chi connectivity index (χ3n) is 4.73. The fourth-order valence-corrected chi connectivity index (χ4v) is 3.59. The van der Waals surface area contributed by atoms with Crippen molar-refractivity contribution in [2.24, 2.45) is 17.3 Å². The van der Waals surface area contributed by atoms with Gasteiger partial charge in [0.15, 0.2) is 0 Å². The van der Waals surface area contributed by atoms with Gasteiger partial charge in [-0.05, 0) is 12.8 Å². The molecule has 2 heterocycles. The highest BCUT2D eigenvalue weighted by Gasteiger charge is 2.58. The SMILES string of the molecule is C=C[C@]12CC[C@H]3C(=C)C(=O)O[C@@H]3[C@H]1C(=C)C(=O)OC2. The molecule has 0 radical (unpaired) electrons. The highest BCUT2D eigenvalue weighted by molar-refractivity contribution is 5.93. The number of hydrogen-bond acceptors (Lipinski definition) is 4. The Morgan fingerprint density at radius 2 is 1.95 bits per heavy atom. The Labute approximate surface area is 111 Å². The first kappa shape index (κ1) is 12.2. The van der Waals surface area contributed by atoms with E-state index in [0.717, 1.165) is 12.8 Å². The van der Waals surface area contributed by atoms with E-state index >= 15 is 0 Å². The van der Waals surface area contributed by atoms with Crippen LogP contribution in [0.3, 0.4) is 0 Å². The minimum Gasteiger partial charge on any atom is -0.461 e. The molecule has 4 heteroatoms. The van der Waals surface area contributed by atoms with E-state index < -0.39 is 5.97 Å². The molecule has 0 N–H and O–H groups in total. The van der Waals surface area contributed by atoms with Crippen LogP contribution in [-0.2, 0) is 19.1 Å². The third-order valence-corrected chi connectivity index (χ3v) is 4.73. The summed E-state index contributed by atoms with van der Waals surface area (Å²) in [7, 11) is 0. The van der Waals surface area contributed by atoms with Gasteiger partial charge in [-0.25, -0.2) is 9.59 Å². The molecule has 19 heavy (non-hydrogen) atoms. The predicted molar refractivity (Wildman–Crippen MR) is 68.0 cm³/mol. The molecule has 2 saturated heterocycles. The molecular weight excluding hydrogens is 244 g/mol. The van der Waals surface area contributed by atoms with Crippen LogP contribution in [-0.4, -0.2) is 24.6 Å². The number of carbonyl (C=O) groups is 2. The van der Waals surface area contributed by atoms with Gasteiger partial charge in [0.05, 0.1) is 0 Å².